The van der Waals surface area contributed by atoms with Gasteiger partial charge >= 0.3 is 0 Å². The van der Waals surface area contributed by atoms with Crippen LogP contribution in [0.25, 0.3) is 0 Å². The van der Waals surface area contributed by atoms with E-state index in [4.69, 9.17) is 0 Å². The topological polar surface area (TPSA) is 60.2 Å². The highest BCUT2D eigenvalue weighted by Crippen LogP contribution is 2.07. The second-order valence-corrected chi connectivity index (χ2v) is 5.50. The Bertz CT molecular complexity index is 380. The lowest BCUT2D eigenvalue weighted by Gasteiger charge is -2.02. The summed E-state index contributed by atoms with van der Waals surface area (Å²) in [5.74, 6) is 5.92. The summed E-state index contributed by atoms with van der Waals surface area (Å²) < 4.78 is 0. The average molecular weight is 307 g/mol. The van der Waals surface area contributed by atoms with E-state index in [1.54, 1.807) is 12.2 Å². The Morgan fingerprint density at radius 1 is 1.09 bits per heavy atom. The number of hydrogen-bond donors (Lipinski definition) is 0. The zero-order valence-corrected chi connectivity index (χ0v) is 13.8. The molecule has 0 fully saturated rings. The van der Waals surface area contributed by atoms with E-state index in [9.17, 15) is 14.9 Å². The largest absolute Gasteiger partial charge is 0.303 e. The number of nitrogens with zero attached hydrogens (tertiary/aromatic N) is 1. The molecule has 0 amide bonds. The van der Waals surface area contributed by atoms with Crippen molar-refractivity contribution < 1.29 is 9.72 Å². The molecule has 0 aromatic heterocycles. The number of rotatable bonds is 13. The lowest BCUT2D eigenvalue weighted by atomic mass is 10.1. The lowest BCUT2D eigenvalue weighted by Crippen LogP contribution is -2.16. The molecule has 0 rings (SSSR count). The molecular weight excluding hydrogens is 278 g/mol. The highest BCUT2D eigenvalue weighted by molar-refractivity contribution is 5.48. The fourth-order valence-corrected chi connectivity index (χ4v) is 2.14. The molecular formula is C18H29NO3. The molecule has 0 radical (unpaired) electrons. The van der Waals surface area contributed by atoms with Crippen molar-refractivity contribution in [3.8, 4) is 11.8 Å². The maximum atomic E-state index is 10.9. The number of allylic oxidation sites excluding steroid dienone is 1. The van der Waals surface area contributed by atoms with E-state index in [1.165, 1.54) is 32.1 Å². The van der Waals surface area contributed by atoms with Crippen LogP contribution in [-0.4, -0.2) is 17.3 Å². The Morgan fingerprint density at radius 2 is 1.82 bits per heavy atom. The van der Waals surface area contributed by atoms with Gasteiger partial charge in [0.05, 0.1) is 0 Å². The Morgan fingerprint density at radius 3 is 2.50 bits per heavy atom. The van der Waals surface area contributed by atoms with Crippen molar-refractivity contribution in [2.45, 2.75) is 83.6 Å². The Labute approximate surface area is 134 Å². The van der Waals surface area contributed by atoms with Gasteiger partial charge in [-0.3, -0.25) is 10.1 Å². The van der Waals surface area contributed by atoms with Crippen LogP contribution in [0.5, 0.6) is 0 Å². The Balaban J connectivity index is 3.83. The SMILES string of the molecule is CCCCCCCCC#CC=CC(CCCCC=O)[N+](=O)[O-]. The van der Waals surface area contributed by atoms with Gasteiger partial charge in [-0.1, -0.05) is 50.9 Å². The smallest absolute Gasteiger partial charge is 0.232 e. The van der Waals surface area contributed by atoms with Crippen molar-refractivity contribution in [3.05, 3.63) is 22.3 Å². The maximum Gasteiger partial charge on any atom is 0.232 e. The molecule has 22 heavy (non-hydrogen) atoms. The maximum absolute atomic E-state index is 10.9. The summed E-state index contributed by atoms with van der Waals surface area (Å²) in [7, 11) is 0. The zero-order valence-electron chi connectivity index (χ0n) is 13.8. The molecule has 0 aliphatic rings. The molecule has 1 atom stereocenters. The van der Waals surface area contributed by atoms with Crippen LogP contribution in [0.3, 0.4) is 0 Å². The highest BCUT2D eigenvalue weighted by atomic mass is 16.6. The van der Waals surface area contributed by atoms with E-state index < -0.39 is 6.04 Å². The minimum atomic E-state index is -0.685. The van der Waals surface area contributed by atoms with Crippen molar-refractivity contribution in [1.82, 2.24) is 0 Å². The summed E-state index contributed by atoms with van der Waals surface area (Å²) >= 11 is 0. The predicted molar refractivity (Wildman–Crippen MR) is 90.2 cm³/mol. The third kappa shape index (κ3) is 13.4. The van der Waals surface area contributed by atoms with Crippen molar-refractivity contribution in [2.75, 3.05) is 0 Å². The van der Waals surface area contributed by atoms with Crippen molar-refractivity contribution in [2.24, 2.45) is 0 Å². The zero-order chi connectivity index (χ0) is 16.5. The van der Waals surface area contributed by atoms with Crippen LogP contribution in [0.4, 0.5) is 0 Å². The number of carbonyl (C=O) groups is 1. The van der Waals surface area contributed by atoms with Crippen LogP contribution < -0.4 is 0 Å². The van der Waals surface area contributed by atoms with E-state index in [-0.39, 0.29) is 4.92 Å². The molecule has 0 heterocycles. The summed E-state index contributed by atoms with van der Waals surface area (Å²) in [6.45, 7) is 2.21. The first kappa shape index (κ1) is 20.4. The molecule has 4 nitrogen and oxygen atoms in total. The van der Waals surface area contributed by atoms with Crippen LogP contribution in [0, 0.1) is 22.0 Å². The van der Waals surface area contributed by atoms with Gasteiger partial charge in [-0.25, -0.2) is 0 Å². The van der Waals surface area contributed by atoms with Gasteiger partial charge in [-0.05, 0) is 31.4 Å². The third-order valence-corrected chi connectivity index (χ3v) is 3.50. The van der Waals surface area contributed by atoms with E-state index in [1.807, 2.05) is 0 Å². The van der Waals surface area contributed by atoms with E-state index in [0.717, 1.165) is 19.1 Å². The predicted octanol–water partition coefficient (Wildman–Crippen LogP) is 4.70. The fraction of sp³-hybridized carbons (Fsp3) is 0.722. The van der Waals surface area contributed by atoms with E-state index in [0.29, 0.717) is 25.7 Å². The van der Waals surface area contributed by atoms with Crippen LogP contribution in [-0.2, 0) is 4.79 Å². The first-order chi connectivity index (χ1) is 10.7. The molecule has 0 aliphatic carbocycles. The van der Waals surface area contributed by atoms with Crippen LogP contribution in [0.1, 0.15) is 77.6 Å². The molecule has 0 bridgehead atoms. The Hall–Kier alpha value is -1.63. The summed E-state index contributed by atoms with van der Waals surface area (Å²) in [5.41, 5.74) is 0. The molecule has 0 aromatic carbocycles. The van der Waals surface area contributed by atoms with Gasteiger partial charge in [0.1, 0.15) is 6.29 Å². The third-order valence-electron chi connectivity index (χ3n) is 3.50. The second kappa shape index (κ2) is 15.8. The van der Waals surface area contributed by atoms with Gasteiger partial charge in [-0.15, -0.1) is 0 Å². The van der Waals surface area contributed by atoms with Crippen molar-refractivity contribution >= 4 is 6.29 Å². The Kier molecular flexibility index (Phi) is 14.6. The molecule has 0 saturated carbocycles. The number of carbonyl (C=O) groups excluding carboxylic acids is 1. The summed E-state index contributed by atoms with van der Waals surface area (Å²) in [6, 6.07) is -0.685. The summed E-state index contributed by atoms with van der Waals surface area (Å²) in [6.07, 6.45) is 14.7. The van der Waals surface area contributed by atoms with Crippen molar-refractivity contribution in [1.29, 1.82) is 0 Å². The molecule has 124 valence electrons. The van der Waals surface area contributed by atoms with Crippen LogP contribution >= 0.6 is 0 Å². The molecule has 0 spiro atoms. The van der Waals surface area contributed by atoms with Gasteiger partial charge in [0, 0.05) is 24.2 Å². The monoisotopic (exact) mass is 307 g/mol. The summed E-state index contributed by atoms with van der Waals surface area (Å²) in [5, 5.41) is 10.9. The van der Waals surface area contributed by atoms with Crippen molar-refractivity contribution in [3.63, 3.8) is 0 Å². The number of aldehydes is 1. The second-order valence-electron chi connectivity index (χ2n) is 5.50. The normalized spacial score (nSPS) is 11.9. The summed E-state index contributed by atoms with van der Waals surface area (Å²) in [4.78, 5) is 20.8. The minimum Gasteiger partial charge on any atom is -0.303 e. The first-order valence-electron chi connectivity index (χ1n) is 8.44. The molecule has 0 saturated heterocycles. The molecule has 1 unspecified atom stereocenters. The lowest BCUT2D eigenvalue weighted by molar-refractivity contribution is -0.510. The first-order valence-corrected chi connectivity index (χ1v) is 8.44. The quantitative estimate of drug-likeness (QED) is 0.163. The fourth-order valence-electron chi connectivity index (χ4n) is 2.14. The number of nitro groups is 1. The highest BCUT2D eigenvalue weighted by Gasteiger charge is 2.14. The molecule has 0 aliphatic heterocycles. The van der Waals surface area contributed by atoms with Crippen LogP contribution in [0.2, 0.25) is 0 Å². The number of hydrogen-bond acceptors (Lipinski definition) is 3. The van der Waals surface area contributed by atoms with Gasteiger partial charge in [0.15, 0.2) is 0 Å². The molecule has 0 N–H and O–H groups in total. The van der Waals surface area contributed by atoms with Gasteiger partial charge in [-0.2, -0.15) is 0 Å². The standard InChI is InChI=1S/C18H29NO3/c1-2-3-4-5-6-7-8-9-10-12-15-18(19(21)22)16-13-11-14-17-20/h12,15,17-18H,2-8,11,13-14,16H2,1H3. The average Bonchev–Trinajstić information content (AvgIpc) is 2.50. The minimum absolute atomic E-state index is 0.285. The molecule has 4 heteroatoms. The van der Waals surface area contributed by atoms with E-state index in [2.05, 4.69) is 18.8 Å². The molecule has 0 aromatic rings. The van der Waals surface area contributed by atoms with Gasteiger partial charge in [0.25, 0.3) is 0 Å². The van der Waals surface area contributed by atoms with Crippen LogP contribution in [0.15, 0.2) is 12.2 Å². The van der Waals surface area contributed by atoms with Gasteiger partial charge < -0.3 is 4.79 Å². The van der Waals surface area contributed by atoms with E-state index >= 15 is 0 Å². The van der Waals surface area contributed by atoms with Gasteiger partial charge in [0.2, 0.25) is 6.04 Å². The number of unbranched alkanes of at least 4 members (excludes halogenated alkanes) is 8.